The third kappa shape index (κ3) is 2.97. The van der Waals surface area contributed by atoms with Gasteiger partial charge >= 0.3 is 5.97 Å². The SMILES string of the molecule is CC(CCC(=O)O)[C@H]1CCC2C3CC[C@@H]4C[C@@H](N)CCC4(C)C3CC(=O)[C@@]21C. The van der Waals surface area contributed by atoms with Crippen LogP contribution < -0.4 is 5.73 Å². The van der Waals surface area contributed by atoms with Crippen molar-refractivity contribution in [2.45, 2.75) is 91.0 Å². The van der Waals surface area contributed by atoms with Crippen LogP contribution in [-0.4, -0.2) is 22.9 Å². The molecule has 0 aromatic carbocycles. The topological polar surface area (TPSA) is 80.4 Å². The fourth-order valence-corrected chi connectivity index (χ4v) is 8.49. The molecule has 0 radical (unpaired) electrons. The molecule has 0 aromatic rings. The molecule has 9 atom stereocenters. The number of carbonyl (C=O) groups is 2. The Balaban J connectivity index is 1.57. The number of aliphatic carboxylic acids is 1. The van der Waals surface area contributed by atoms with Gasteiger partial charge < -0.3 is 10.8 Å². The van der Waals surface area contributed by atoms with Crippen LogP contribution in [0.2, 0.25) is 0 Å². The molecular formula is C24H39NO3. The quantitative estimate of drug-likeness (QED) is 0.733. The van der Waals surface area contributed by atoms with E-state index in [1.54, 1.807) is 0 Å². The van der Waals surface area contributed by atoms with E-state index in [9.17, 15) is 9.59 Å². The summed E-state index contributed by atoms with van der Waals surface area (Å²) in [6.45, 7) is 6.90. The number of fused-ring (bicyclic) bond motifs is 5. The van der Waals surface area contributed by atoms with Crippen molar-refractivity contribution in [2.24, 2.45) is 52.1 Å². The zero-order valence-corrected chi connectivity index (χ0v) is 18.0. The van der Waals surface area contributed by atoms with E-state index in [0.29, 0.717) is 59.2 Å². The van der Waals surface area contributed by atoms with Gasteiger partial charge in [0.25, 0.3) is 0 Å². The van der Waals surface area contributed by atoms with Crippen LogP contribution in [0.1, 0.15) is 85.0 Å². The monoisotopic (exact) mass is 389 g/mol. The van der Waals surface area contributed by atoms with Crippen LogP contribution in [0.5, 0.6) is 0 Å². The second-order valence-electron chi connectivity index (χ2n) is 11.2. The lowest BCUT2D eigenvalue weighted by molar-refractivity contribution is -0.158. The smallest absolute Gasteiger partial charge is 0.303 e. The van der Waals surface area contributed by atoms with Gasteiger partial charge in [-0.05, 0) is 92.3 Å². The standard InChI is InChI=1S/C24H39NO3/c1-14(4-9-22(27)28)18-7-8-19-17-6-5-15-12-16(25)10-11-23(15,2)20(17)13-21(26)24(18,19)3/h14-20H,4-13,25H2,1-3H3,(H,27,28)/t14?,15-,16+,17?,18-,19?,20?,23?,24-/m1/s1. The zero-order chi connectivity index (χ0) is 20.3. The Kier molecular flexibility index (Phi) is 5.17. The Morgan fingerprint density at radius 2 is 1.93 bits per heavy atom. The number of carbonyl (C=O) groups excluding carboxylic acids is 1. The van der Waals surface area contributed by atoms with Crippen molar-refractivity contribution in [2.75, 3.05) is 0 Å². The van der Waals surface area contributed by atoms with E-state index >= 15 is 0 Å². The Morgan fingerprint density at radius 1 is 1.18 bits per heavy atom. The van der Waals surface area contributed by atoms with E-state index in [4.69, 9.17) is 10.8 Å². The number of carboxylic acids is 1. The molecule has 4 rings (SSSR count). The Hall–Kier alpha value is -0.900. The summed E-state index contributed by atoms with van der Waals surface area (Å²) in [5.74, 6) is 2.85. The van der Waals surface area contributed by atoms with Gasteiger partial charge in [-0.25, -0.2) is 0 Å². The van der Waals surface area contributed by atoms with Gasteiger partial charge in [-0.3, -0.25) is 9.59 Å². The van der Waals surface area contributed by atoms with E-state index in [-0.39, 0.29) is 11.8 Å². The van der Waals surface area contributed by atoms with E-state index in [0.717, 1.165) is 32.1 Å². The molecule has 0 aromatic heterocycles. The maximum atomic E-state index is 13.6. The van der Waals surface area contributed by atoms with Crippen molar-refractivity contribution in [1.29, 1.82) is 0 Å². The fourth-order valence-electron chi connectivity index (χ4n) is 8.49. The molecule has 4 fully saturated rings. The Labute approximate surface area is 170 Å². The van der Waals surface area contributed by atoms with Gasteiger partial charge in [-0.1, -0.05) is 20.8 Å². The van der Waals surface area contributed by atoms with Crippen molar-refractivity contribution in [3.8, 4) is 0 Å². The molecule has 4 saturated carbocycles. The summed E-state index contributed by atoms with van der Waals surface area (Å²) < 4.78 is 0. The summed E-state index contributed by atoms with van der Waals surface area (Å²) >= 11 is 0. The predicted molar refractivity (Wildman–Crippen MR) is 110 cm³/mol. The highest BCUT2D eigenvalue weighted by atomic mass is 16.4. The first-order valence-electron chi connectivity index (χ1n) is 11.7. The molecule has 0 spiro atoms. The maximum Gasteiger partial charge on any atom is 0.303 e. The van der Waals surface area contributed by atoms with Gasteiger partial charge in [-0.15, -0.1) is 0 Å². The molecule has 0 saturated heterocycles. The number of nitrogens with two attached hydrogens (primary N) is 1. The van der Waals surface area contributed by atoms with Crippen LogP contribution in [0.25, 0.3) is 0 Å². The first-order valence-corrected chi connectivity index (χ1v) is 11.7. The van der Waals surface area contributed by atoms with Gasteiger partial charge in [-0.2, -0.15) is 0 Å². The molecule has 4 aliphatic rings. The lowest BCUT2D eigenvalue weighted by Gasteiger charge is -2.60. The molecule has 0 aliphatic heterocycles. The van der Waals surface area contributed by atoms with E-state index in [1.165, 1.54) is 19.3 Å². The Bertz CT molecular complexity index is 648. The number of ketones is 1. The summed E-state index contributed by atoms with van der Waals surface area (Å²) in [5.41, 5.74) is 6.36. The Morgan fingerprint density at radius 3 is 2.64 bits per heavy atom. The maximum absolute atomic E-state index is 13.6. The molecule has 4 nitrogen and oxygen atoms in total. The van der Waals surface area contributed by atoms with E-state index in [2.05, 4.69) is 20.8 Å². The number of rotatable bonds is 4. The van der Waals surface area contributed by atoms with Gasteiger partial charge in [0.15, 0.2) is 0 Å². The minimum absolute atomic E-state index is 0.221. The van der Waals surface area contributed by atoms with E-state index < -0.39 is 5.97 Å². The van der Waals surface area contributed by atoms with Crippen LogP contribution in [0.15, 0.2) is 0 Å². The second kappa shape index (κ2) is 7.11. The largest absolute Gasteiger partial charge is 0.481 e. The van der Waals surface area contributed by atoms with Crippen LogP contribution in [0, 0.1) is 46.3 Å². The highest BCUT2D eigenvalue weighted by molar-refractivity contribution is 5.87. The first kappa shape index (κ1) is 20.4. The highest BCUT2D eigenvalue weighted by Gasteiger charge is 2.63. The lowest BCUT2D eigenvalue weighted by Crippen LogP contribution is -2.57. The van der Waals surface area contributed by atoms with Crippen molar-refractivity contribution < 1.29 is 14.7 Å². The van der Waals surface area contributed by atoms with Gasteiger partial charge in [0, 0.05) is 24.3 Å². The number of carboxylic acid groups (broad SMARTS) is 1. The molecule has 28 heavy (non-hydrogen) atoms. The van der Waals surface area contributed by atoms with Crippen molar-refractivity contribution in [1.82, 2.24) is 0 Å². The minimum atomic E-state index is -0.719. The van der Waals surface area contributed by atoms with Gasteiger partial charge in [0.1, 0.15) is 5.78 Å². The molecular weight excluding hydrogens is 350 g/mol. The van der Waals surface area contributed by atoms with Crippen LogP contribution in [0.3, 0.4) is 0 Å². The summed E-state index contributed by atoms with van der Waals surface area (Å²) in [5, 5.41) is 9.09. The summed E-state index contributed by atoms with van der Waals surface area (Å²) in [4.78, 5) is 24.7. The third-order valence-electron chi connectivity index (χ3n) is 10.1. The molecule has 0 heterocycles. The molecule has 4 heteroatoms. The fraction of sp³-hybridized carbons (Fsp3) is 0.917. The van der Waals surface area contributed by atoms with Crippen LogP contribution in [-0.2, 0) is 9.59 Å². The molecule has 158 valence electrons. The number of Topliss-reactive ketones (excluding diaryl/α,β-unsaturated/α-hetero) is 1. The lowest BCUT2D eigenvalue weighted by atomic mass is 9.44. The average Bonchev–Trinajstić information content (AvgIpc) is 3.00. The van der Waals surface area contributed by atoms with Gasteiger partial charge in [0.05, 0.1) is 0 Å². The van der Waals surface area contributed by atoms with Crippen molar-refractivity contribution in [3.05, 3.63) is 0 Å². The third-order valence-corrected chi connectivity index (χ3v) is 10.1. The molecule has 0 bridgehead atoms. The number of hydrogen-bond donors (Lipinski definition) is 2. The molecule has 3 N–H and O–H groups in total. The van der Waals surface area contributed by atoms with Gasteiger partial charge in [0.2, 0.25) is 0 Å². The molecule has 5 unspecified atom stereocenters. The van der Waals surface area contributed by atoms with E-state index in [1.807, 2.05) is 0 Å². The molecule has 0 amide bonds. The highest BCUT2D eigenvalue weighted by Crippen LogP contribution is 2.67. The number of hydrogen-bond acceptors (Lipinski definition) is 3. The molecule has 4 aliphatic carbocycles. The average molecular weight is 390 g/mol. The van der Waals surface area contributed by atoms with Crippen LogP contribution in [0.4, 0.5) is 0 Å². The zero-order valence-electron chi connectivity index (χ0n) is 18.0. The second-order valence-corrected chi connectivity index (χ2v) is 11.2. The van der Waals surface area contributed by atoms with Crippen molar-refractivity contribution >= 4 is 11.8 Å². The first-order chi connectivity index (χ1) is 13.2. The predicted octanol–water partition coefficient (Wildman–Crippen LogP) is 4.65. The summed E-state index contributed by atoms with van der Waals surface area (Å²) in [6, 6.07) is 0.352. The summed E-state index contributed by atoms with van der Waals surface area (Å²) in [7, 11) is 0. The minimum Gasteiger partial charge on any atom is -0.481 e. The van der Waals surface area contributed by atoms with Crippen molar-refractivity contribution in [3.63, 3.8) is 0 Å². The summed E-state index contributed by atoms with van der Waals surface area (Å²) in [6.07, 6.45) is 9.92. The normalized spacial score (nSPS) is 49.1. The van der Waals surface area contributed by atoms with Crippen LogP contribution >= 0.6 is 0 Å².